The molecule has 0 spiro atoms. The molecule has 5 nitrogen and oxygen atoms in total. The van der Waals surface area contributed by atoms with Crippen LogP contribution in [0.5, 0.6) is 0 Å². The monoisotopic (exact) mass is 325 g/mol. The normalized spacial score (nSPS) is 11.3. The van der Waals surface area contributed by atoms with Crippen molar-refractivity contribution in [1.82, 2.24) is 10.3 Å². The van der Waals surface area contributed by atoms with Gasteiger partial charge in [-0.3, -0.25) is 4.72 Å². The summed E-state index contributed by atoms with van der Waals surface area (Å²) in [5.41, 5.74) is 0.738. The van der Waals surface area contributed by atoms with Crippen LogP contribution in [-0.4, -0.2) is 19.9 Å². The van der Waals surface area contributed by atoms with Crippen LogP contribution >= 0.6 is 11.6 Å². The maximum atomic E-state index is 12.3. The number of nitrogens with one attached hydrogen (secondary N) is 2. The number of aromatic nitrogens is 1. The van der Waals surface area contributed by atoms with Crippen LogP contribution in [-0.2, 0) is 16.6 Å². The molecule has 0 unspecified atom stereocenters. The van der Waals surface area contributed by atoms with Crippen molar-refractivity contribution in [3.8, 4) is 0 Å². The predicted octanol–water partition coefficient (Wildman–Crippen LogP) is 2.65. The molecule has 0 amide bonds. The lowest BCUT2D eigenvalue weighted by molar-refractivity contribution is 0.600. The number of benzene rings is 1. The van der Waals surface area contributed by atoms with E-state index < -0.39 is 10.0 Å². The lowest BCUT2D eigenvalue weighted by Gasteiger charge is -2.10. The Hall–Kier alpha value is -1.63. The van der Waals surface area contributed by atoms with Gasteiger partial charge in [-0.05, 0) is 42.4 Å². The maximum Gasteiger partial charge on any atom is 0.263 e. The molecular formula is C14H16ClN3O2S. The average molecular weight is 326 g/mol. The van der Waals surface area contributed by atoms with Gasteiger partial charge in [-0.15, -0.1) is 0 Å². The van der Waals surface area contributed by atoms with Gasteiger partial charge in [-0.1, -0.05) is 24.6 Å². The fraction of sp³-hybridized carbons (Fsp3) is 0.214. The molecule has 0 aliphatic carbocycles. The SMILES string of the molecule is CCNCc1cc(S(=O)(=O)Nc2ccccn2)ccc1Cl. The number of sulfonamides is 1. The van der Waals surface area contributed by atoms with Crippen LogP contribution in [0.1, 0.15) is 12.5 Å². The highest BCUT2D eigenvalue weighted by Gasteiger charge is 2.16. The zero-order valence-corrected chi connectivity index (χ0v) is 13.1. The van der Waals surface area contributed by atoms with E-state index in [0.717, 1.165) is 12.1 Å². The molecule has 0 aliphatic heterocycles. The van der Waals surface area contributed by atoms with Crippen LogP contribution in [0.15, 0.2) is 47.5 Å². The van der Waals surface area contributed by atoms with Gasteiger partial charge in [0.1, 0.15) is 5.82 Å². The second-order valence-corrected chi connectivity index (χ2v) is 6.44. The molecule has 0 aliphatic rings. The maximum absolute atomic E-state index is 12.3. The molecule has 1 heterocycles. The Labute approximate surface area is 129 Å². The minimum atomic E-state index is -3.68. The second-order valence-electron chi connectivity index (χ2n) is 4.35. The van der Waals surface area contributed by atoms with Crippen molar-refractivity contribution in [1.29, 1.82) is 0 Å². The van der Waals surface area contributed by atoms with Gasteiger partial charge < -0.3 is 5.32 Å². The van der Waals surface area contributed by atoms with E-state index in [4.69, 9.17) is 11.6 Å². The smallest absolute Gasteiger partial charge is 0.263 e. The summed E-state index contributed by atoms with van der Waals surface area (Å²) in [6, 6.07) is 9.64. The highest BCUT2D eigenvalue weighted by atomic mass is 35.5. The molecule has 0 saturated heterocycles. The average Bonchev–Trinajstić information content (AvgIpc) is 2.47. The molecule has 7 heteroatoms. The summed E-state index contributed by atoms with van der Waals surface area (Å²) in [7, 11) is -3.68. The number of hydrogen-bond acceptors (Lipinski definition) is 4. The van der Waals surface area contributed by atoms with Crippen molar-refractivity contribution in [2.75, 3.05) is 11.3 Å². The van der Waals surface area contributed by atoms with E-state index in [1.165, 1.54) is 12.3 Å². The number of pyridine rings is 1. The molecule has 0 radical (unpaired) electrons. The van der Waals surface area contributed by atoms with E-state index in [1.807, 2.05) is 6.92 Å². The fourth-order valence-corrected chi connectivity index (χ4v) is 2.98. The van der Waals surface area contributed by atoms with Crippen LogP contribution in [0.3, 0.4) is 0 Å². The van der Waals surface area contributed by atoms with Gasteiger partial charge in [0.15, 0.2) is 0 Å². The second kappa shape index (κ2) is 6.89. The van der Waals surface area contributed by atoms with E-state index in [0.29, 0.717) is 11.6 Å². The van der Waals surface area contributed by atoms with Crippen molar-refractivity contribution in [3.63, 3.8) is 0 Å². The number of halogens is 1. The molecule has 112 valence electrons. The molecule has 2 N–H and O–H groups in total. The molecule has 1 aromatic heterocycles. The minimum Gasteiger partial charge on any atom is -0.313 e. The van der Waals surface area contributed by atoms with Gasteiger partial charge in [-0.25, -0.2) is 13.4 Å². The highest BCUT2D eigenvalue weighted by Crippen LogP contribution is 2.22. The van der Waals surface area contributed by atoms with Crippen molar-refractivity contribution >= 4 is 27.4 Å². The first-order valence-electron chi connectivity index (χ1n) is 6.46. The van der Waals surface area contributed by atoms with Gasteiger partial charge in [0.25, 0.3) is 10.0 Å². The molecule has 0 atom stereocenters. The van der Waals surface area contributed by atoms with E-state index in [1.54, 1.807) is 30.3 Å². The van der Waals surface area contributed by atoms with Crippen molar-refractivity contribution in [2.24, 2.45) is 0 Å². The van der Waals surface area contributed by atoms with Gasteiger partial charge in [-0.2, -0.15) is 0 Å². The fourth-order valence-electron chi connectivity index (χ4n) is 1.73. The third-order valence-corrected chi connectivity index (χ3v) is 4.52. The van der Waals surface area contributed by atoms with Crippen molar-refractivity contribution in [3.05, 3.63) is 53.2 Å². The van der Waals surface area contributed by atoms with Crippen LogP contribution in [0.4, 0.5) is 5.82 Å². The molecule has 21 heavy (non-hydrogen) atoms. The molecule has 2 aromatic rings. The Kier molecular flexibility index (Phi) is 5.17. The number of nitrogens with zero attached hydrogens (tertiary/aromatic N) is 1. The summed E-state index contributed by atoms with van der Waals surface area (Å²) in [6.45, 7) is 3.26. The number of rotatable bonds is 6. The summed E-state index contributed by atoms with van der Waals surface area (Å²) in [4.78, 5) is 4.11. The standard InChI is InChI=1S/C14H16ClN3O2S/c1-2-16-10-11-9-12(6-7-13(11)15)21(19,20)18-14-5-3-4-8-17-14/h3-9,16H,2,10H2,1H3,(H,17,18). The molecular weight excluding hydrogens is 310 g/mol. The van der Waals surface area contributed by atoms with Crippen LogP contribution in [0.25, 0.3) is 0 Å². The van der Waals surface area contributed by atoms with E-state index in [-0.39, 0.29) is 10.7 Å². The molecule has 0 saturated carbocycles. The van der Waals surface area contributed by atoms with Gasteiger partial charge >= 0.3 is 0 Å². The summed E-state index contributed by atoms with van der Waals surface area (Å²) >= 11 is 6.07. The topological polar surface area (TPSA) is 71.1 Å². The lowest BCUT2D eigenvalue weighted by Crippen LogP contribution is -2.16. The summed E-state index contributed by atoms with van der Waals surface area (Å²) < 4.78 is 27.1. The summed E-state index contributed by atoms with van der Waals surface area (Å²) in [5.74, 6) is 0.278. The first-order valence-corrected chi connectivity index (χ1v) is 8.32. The van der Waals surface area contributed by atoms with Crippen molar-refractivity contribution in [2.45, 2.75) is 18.4 Å². The third-order valence-electron chi connectivity index (χ3n) is 2.80. The van der Waals surface area contributed by atoms with E-state index >= 15 is 0 Å². The van der Waals surface area contributed by atoms with Crippen molar-refractivity contribution < 1.29 is 8.42 Å². The predicted molar refractivity (Wildman–Crippen MR) is 83.9 cm³/mol. The van der Waals surface area contributed by atoms with Crippen LogP contribution in [0.2, 0.25) is 5.02 Å². The molecule has 0 bridgehead atoms. The van der Waals surface area contributed by atoms with Gasteiger partial charge in [0.2, 0.25) is 0 Å². The molecule has 1 aromatic carbocycles. The zero-order chi connectivity index (χ0) is 15.3. The van der Waals surface area contributed by atoms with Crippen LogP contribution < -0.4 is 10.0 Å². The van der Waals surface area contributed by atoms with E-state index in [2.05, 4.69) is 15.0 Å². The Morgan fingerprint density at radius 1 is 1.24 bits per heavy atom. The molecule has 2 rings (SSSR count). The summed E-state index contributed by atoms with van der Waals surface area (Å²) in [6.07, 6.45) is 1.52. The van der Waals surface area contributed by atoms with Crippen LogP contribution in [0, 0.1) is 0 Å². The highest BCUT2D eigenvalue weighted by molar-refractivity contribution is 7.92. The van der Waals surface area contributed by atoms with Gasteiger partial charge in [0, 0.05) is 17.8 Å². The van der Waals surface area contributed by atoms with E-state index in [9.17, 15) is 8.42 Å². The number of hydrogen-bond donors (Lipinski definition) is 2. The molecule has 0 fully saturated rings. The zero-order valence-electron chi connectivity index (χ0n) is 11.5. The number of anilines is 1. The largest absolute Gasteiger partial charge is 0.313 e. The third kappa shape index (κ3) is 4.17. The first kappa shape index (κ1) is 15.8. The Morgan fingerprint density at radius 3 is 2.71 bits per heavy atom. The Bertz CT molecular complexity index is 705. The lowest BCUT2D eigenvalue weighted by atomic mass is 10.2. The minimum absolute atomic E-state index is 0.158. The Morgan fingerprint density at radius 2 is 2.05 bits per heavy atom. The quantitative estimate of drug-likeness (QED) is 0.856. The Balaban J connectivity index is 2.27. The first-order chi connectivity index (χ1) is 10.0. The summed E-state index contributed by atoms with van der Waals surface area (Å²) in [5, 5.41) is 3.66. The van der Waals surface area contributed by atoms with Gasteiger partial charge in [0.05, 0.1) is 4.90 Å².